The zero-order chi connectivity index (χ0) is 19.6. The van der Waals surface area contributed by atoms with Crippen molar-refractivity contribution in [1.82, 2.24) is 10.3 Å². The van der Waals surface area contributed by atoms with Crippen molar-refractivity contribution in [2.24, 2.45) is 11.8 Å². The third kappa shape index (κ3) is 5.28. The summed E-state index contributed by atoms with van der Waals surface area (Å²) in [6.07, 6.45) is 2.82. The van der Waals surface area contributed by atoms with Gasteiger partial charge in [-0.1, -0.05) is 13.8 Å². The van der Waals surface area contributed by atoms with Crippen LogP contribution in [-0.4, -0.2) is 54.3 Å². The van der Waals surface area contributed by atoms with Crippen molar-refractivity contribution in [2.45, 2.75) is 45.1 Å². The molecule has 2 heterocycles. The highest BCUT2D eigenvalue weighted by atomic mass is 19.3. The summed E-state index contributed by atoms with van der Waals surface area (Å²) in [7, 11) is 0. The number of aliphatic hydroxyl groups excluding tert-OH is 1. The monoisotopic (exact) mass is 383 g/mol. The second-order valence-electron chi connectivity index (χ2n) is 7.97. The maximum absolute atomic E-state index is 13.2. The molecule has 1 aromatic rings. The van der Waals surface area contributed by atoms with Gasteiger partial charge < -0.3 is 20.1 Å². The Balaban J connectivity index is 1.73. The van der Waals surface area contributed by atoms with Crippen molar-refractivity contribution in [1.29, 1.82) is 0 Å². The Morgan fingerprint density at radius 3 is 2.67 bits per heavy atom. The minimum absolute atomic E-state index is 0.152. The number of aliphatic hydroxyl groups is 1. The summed E-state index contributed by atoms with van der Waals surface area (Å²) in [4.78, 5) is 18.3. The SMILES string of the molecule is CC(C)C[C@@H](CO)NC(=O)c1ccc(N2CC(F)(F)C2)c(OCC2CC2)n1. The first-order valence-corrected chi connectivity index (χ1v) is 9.46. The predicted molar refractivity (Wildman–Crippen MR) is 97.4 cm³/mol. The van der Waals surface area contributed by atoms with E-state index < -0.39 is 11.8 Å². The highest BCUT2D eigenvalue weighted by Gasteiger charge is 2.45. The summed E-state index contributed by atoms with van der Waals surface area (Å²) in [6, 6.07) is 2.76. The number of aromatic nitrogens is 1. The lowest BCUT2D eigenvalue weighted by Gasteiger charge is -2.40. The fourth-order valence-electron chi connectivity index (χ4n) is 3.08. The number of hydrogen-bond donors (Lipinski definition) is 2. The van der Waals surface area contributed by atoms with Crippen LogP contribution in [0.2, 0.25) is 0 Å². The molecule has 1 saturated heterocycles. The van der Waals surface area contributed by atoms with Crippen LogP contribution >= 0.6 is 0 Å². The highest BCUT2D eigenvalue weighted by molar-refractivity contribution is 5.93. The van der Waals surface area contributed by atoms with Crippen LogP contribution in [0.4, 0.5) is 14.5 Å². The summed E-state index contributed by atoms with van der Waals surface area (Å²) in [5, 5.41) is 12.2. The number of carbonyl (C=O) groups is 1. The van der Waals surface area contributed by atoms with E-state index in [-0.39, 0.29) is 37.3 Å². The molecule has 2 N–H and O–H groups in total. The number of amides is 1. The number of nitrogens with zero attached hydrogens (tertiary/aromatic N) is 2. The molecule has 1 aliphatic heterocycles. The molecule has 8 heteroatoms. The standard InChI is InChI=1S/C19H27F2N3O3/c1-12(2)7-14(8-25)22-17(26)15-5-6-16(24-10-19(20,21)11-24)18(23-15)27-9-13-3-4-13/h5-6,12-14,25H,3-4,7-11H2,1-2H3,(H,22,26)/t14-/m0/s1. The topological polar surface area (TPSA) is 74.7 Å². The highest BCUT2D eigenvalue weighted by Crippen LogP contribution is 2.37. The Morgan fingerprint density at radius 1 is 1.41 bits per heavy atom. The molecule has 3 rings (SSSR count). The molecule has 2 fully saturated rings. The first-order chi connectivity index (χ1) is 12.8. The van der Waals surface area contributed by atoms with Crippen LogP contribution in [0, 0.1) is 11.8 Å². The minimum atomic E-state index is -2.70. The van der Waals surface area contributed by atoms with E-state index in [1.54, 1.807) is 6.07 Å². The summed E-state index contributed by atoms with van der Waals surface area (Å²) in [5.41, 5.74) is 0.637. The number of anilines is 1. The number of nitrogens with one attached hydrogen (secondary N) is 1. The van der Waals surface area contributed by atoms with Crippen LogP contribution in [0.5, 0.6) is 5.88 Å². The van der Waals surface area contributed by atoms with Gasteiger partial charge in [0.15, 0.2) is 0 Å². The first-order valence-electron chi connectivity index (χ1n) is 9.46. The van der Waals surface area contributed by atoms with Gasteiger partial charge in [0, 0.05) is 0 Å². The average Bonchev–Trinajstić information content (AvgIpc) is 3.40. The summed E-state index contributed by atoms with van der Waals surface area (Å²) in [5.74, 6) is -2.10. The van der Waals surface area contributed by atoms with Crippen molar-refractivity contribution >= 4 is 11.6 Å². The Hall–Kier alpha value is -1.96. The molecule has 1 amide bonds. The van der Waals surface area contributed by atoms with Crippen LogP contribution in [0.15, 0.2) is 12.1 Å². The molecule has 27 heavy (non-hydrogen) atoms. The second-order valence-corrected chi connectivity index (χ2v) is 7.97. The smallest absolute Gasteiger partial charge is 0.282 e. The van der Waals surface area contributed by atoms with E-state index in [0.29, 0.717) is 30.6 Å². The zero-order valence-corrected chi connectivity index (χ0v) is 15.8. The maximum atomic E-state index is 13.2. The van der Waals surface area contributed by atoms with Crippen LogP contribution in [0.1, 0.15) is 43.6 Å². The van der Waals surface area contributed by atoms with E-state index in [2.05, 4.69) is 10.3 Å². The van der Waals surface area contributed by atoms with E-state index in [9.17, 15) is 18.7 Å². The zero-order valence-electron chi connectivity index (χ0n) is 15.8. The van der Waals surface area contributed by atoms with Gasteiger partial charge in [-0.15, -0.1) is 0 Å². The molecule has 150 valence electrons. The van der Waals surface area contributed by atoms with Crippen molar-refractivity contribution < 1.29 is 23.4 Å². The lowest BCUT2D eigenvalue weighted by Crippen LogP contribution is -2.56. The number of rotatable bonds is 9. The molecule has 0 bridgehead atoms. The van der Waals surface area contributed by atoms with Gasteiger partial charge in [-0.3, -0.25) is 4.79 Å². The molecule has 0 aromatic carbocycles. The van der Waals surface area contributed by atoms with Crippen molar-refractivity contribution in [2.75, 3.05) is 31.2 Å². The van der Waals surface area contributed by atoms with Crippen molar-refractivity contribution in [3.05, 3.63) is 17.8 Å². The number of pyridine rings is 1. The van der Waals surface area contributed by atoms with E-state index in [1.807, 2.05) is 13.8 Å². The number of halogens is 2. The molecular formula is C19H27F2N3O3. The summed E-state index contributed by atoms with van der Waals surface area (Å²) in [6.45, 7) is 3.59. The molecule has 1 aliphatic carbocycles. The summed E-state index contributed by atoms with van der Waals surface area (Å²) < 4.78 is 32.2. The fraction of sp³-hybridized carbons (Fsp3) is 0.684. The molecule has 1 atom stereocenters. The van der Waals surface area contributed by atoms with Gasteiger partial charge in [0.1, 0.15) is 11.4 Å². The van der Waals surface area contributed by atoms with Gasteiger partial charge in [0.25, 0.3) is 11.8 Å². The Morgan fingerprint density at radius 2 is 2.11 bits per heavy atom. The van der Waals surface area contributed by atoms with Gasteiger partial charge in [-0.2, -0.15) is 0 Å². The average molecular weight is 383 g/mol. The van der Waals surface area contributed by atoms with Crippen LogP contribution in [0.25, 0.3) is 0 Å². The lowest BCUT2D eigenvalue weighted by molar-refractivity contribution is -0.0265. The van der Waals surface area contributed by atoms with Crippen LogP contribution in [0.3, 0.4) is 0 Å². The number of alkyl halides is 2. The van der Waals surface area contributed by atoms with E-state index in [0.717, 1.165) is 12.8 Å². The maximum Gasteiger partial charge on any atom is 0.282 e. The van der Waals surface area contributed by atoms with Gasteiger partial charge in [0.05, 0.1) is 32.3 Å². The predicted octanol–water partition coefficient (Wildman–Crippen LogP) is 2.46. The Bertz CT molecular complexity index is 672. The molecule has 2 aliphatic rings. The molecule has 1 saturated carbocycles. The van der Waals surface area contributed by atoms with Crippen molar-refractivity contribution in [3.8, 4) is 5.88 Å². The number of carbonyl (C=O) groups excluding carboxylic acids is 1. The quantitative estimate of drug-likeness (QED) is 0.685. The van der Waals surface area contributed by atoms with E-state index in [1.165, 1.54) is 11.0 Å². The Labute approximate surface area is 157 Å². The molecule has 0 spiro atoms. The van der Waals surface area contributed by atoms with Gasteiger partial charge >= 0.3 is 0 Å². The number of hydrogen-bond acceptors (Lipinski definition) is 5. The number of ether oxygens (including phenoxy) is 1. The van der Waals surface area contributed by atoms with Gasteiger partial charge in [-0.05, 0) is 43.2 Å². The third-order valence-electron chi connectivity index (χ3n) is 4.72. The van der Waals surface area contributed by atoms with Gasteiger partial charge in [0.2, 0.25) is 5.88 Å². The lowest BCUT2D eigenvalue weighted by atomic mass is 10.0. The second kappa shape index (κ2) is 7.96. The molecule has 1 aromatic heterocycles. The van der Waals surface area contributed by atoms with Gasteiger partial charge in [-0.25, -0.2) is 13.8 Å². The van der Waals surface area contributed by atoms with Crippen LogP contribution in [-0.2, 0) is 0 Å². The van der Waals surface area contributed by atoms with Crippen molar-refractivity contribution in [3.63, 3.8) is 0 Å². The first kappa shape index (κ1) is 19.8. The molecule has 0 unspecified atom stereocenters. The Kier molecular flexibility index (Phi) is 5.83. The van der Waals surface area contributed by atoms with E-state index in [4.69, 9.17) is 4.74 Å². The molecular weight excluding hydrogens is 356 g/mol. The fourth-order valence-corrected chi connectivity index (χ4v) is 3.08. The molecule has 6 nitrogen and oxygen atoms in total. The molecule has 0 radical (unpaired) electrons. The largest absolute Gasteiger partial charge is 0.476 e. The third-order valence-corrected chi connectivity index (χ3v) is 4.72. The van der Waals surface area contributed by atoms with E-state index >= 15 is 0 Å². The van der Waals surface area contributed by atoms with Crippen LogP contribution < -0.4 is 15.0 Å². The minimum Gasteiger partial charge on any atom is -0.476 e. The summed E-state index contributed by atoms with van der Waals surface area (Å²) >= 11 is 0. The normalized spacial score (nSPS) is 19.6.